The van der Waals surface area contributed by atoms with Crippen LogP contribution in [0.2, 0.25) is 0 Å². The molecule has 1 amide bonds. The van der Waals surface area contributed by atoms with Crippen molar-refractivity contribution in [3.05, 3.63) is 96.1 Å². The summed E-state index contributed by atoms with van der Waals surface area (Å²) in [5, 5.41) is 2.83. The van der Waals surface area contributed by atoms with Gasteiger partial charge in [0, 0.05) is 5.56 Å². The zero-order chi connectivity index (χ0) is 17.5. The van der Waals surface area contributed by atoms with Crippen molar-refractivity contribution in [3.63, 3.8) is 0 Å². The largest absolute Gasteiger partial charge is 0.342 e. The van der Waals surface area contributed by atoms with Crippen LogP contribution in [0.4, 0.5) is 0 Å². The van der Waals surface area contributed by atoms with Crippen LogP contribution >= 0.6 is 0 Å². The molecule has 1 N–H and O–H groups in total. The highest BCUT2D eigenvalue weighted by molar-refractivity contribution is 6.01. The topological polar surface area (TPSA) is 46.2 Å². The molecule has 1 atom stereocenters. The van der Waals surface area contributed by atoms with Gasteiger partial charge in [-0.25, -0.2) is 0 Å². The second-order valence-corrected chi connectivity index (χ2v) is 5.82. The Bertz CT molecular complexity index is 844. The molecule has 0 fully saturated rings. The highest BCUT2D eigenvalue weighted by Gasteiger charge is 2.16. The van der Waals surface area contributed by atoms with Crippen LogP contribution in [0.1, 0.15) is 15.9 Å². The highest BCUT2D eigenvalue weighted by Crippen LogP contribution is 2.23. The van der Waals surface area contributed by atoms with Gasteiger partial charge in [-0.2, -0.15) is 0 Å². The number of carbonyl (C=O) groups excluding carboxylic acids is 2. The molecule has 0 aliphatic heterocycles. The number of nitrogens with one attached hydrogen (secondary N) is 1. The second kappa shape index (κ2) is 8.06. The van der Waals surface area contributed by atoms with E-state index in [1.54, 1.807) is 6.07 Å². The van der Waals surface area contributed by atoms with Gasteiger partial charge in [-0.15, -0.1) is 0 Å². The van der Waals surface area contributed by atoms with Gasteiger partial charge in [0.25, 0.3) is 5.91 Å². The van der Waals surface area contributed by atoms with E-state index in [2.05, 4.69) is 5.32 Å². The van der Waals surface area contributed by atoms with Crippen LogP contribution in [0, 0.1) is 0 Å². The Morgan fingerprint density at radius 2 is 1.44 bits per heavy atom. The minimum atomic E-state index is -0.557. The first-order valence-electron chi connectivity index (χ1n) is 8.22. The van der Waals surface area contributed by atoms with E-state index < -0.39 is 6.04 Å². The number of hydrogen-bond acceptors (Lipinski definition) is 2. The zero-order valence-corrected chi connectivity index (χ0v) is 13.8. The first kappa shape index (κ1) is 16.7. The standard InChI is InChI=1S/C22H19NO2/c24-16-19(15-17-9-3-1-4-10-17)23-22(25)21-14-8-7-13-20(21)18-11-5-2-6-12-18/h1-14,16,19H,15H2,(H,23,25)/t19-/m0/s1. The third-order valence-electron chi connectivity index (χ3n) is 4.04. The van der Waals surface area contributed by atoms with Crippen molar-refractivity contribution in [2.45, 2.75) is 12.5 Å². The maximum atomic E-state index is 12.7. The van der Waals surface area contributed by atoms with E-state index in [1.165, 1.54) is 0 Å². The summed E-state index contributed by atoms with van der Waals surface area (Å²) in [5.74, 6) is -0.243. The molecule has 0 aromatic heterocycles. The van der Waals surface area contributed by atoms with Crippen LogP contribution in [0.5, 0.6) is 0 Å². The Morgan fingerprint density at radius 1 is 0.840 bits per heavy atom. The predicted molar refractivity (Wildman–Crippen MR) is 99.3 cm³/mol. The van der Waals surface area contributed by atoms with Gasteiger partial charge in [0.05, 0.1) is 6.04 Å². The first-order valence-corrected chi connectivity index (χ1v) is 8.22. The summed E-state index contributed by atoms with van der Waals surface area (Å²) in [6.45, 7) is 0. The van der Waals surface area contributed by atoms with Crippen LogP contribution in [-0.2, 0) is 11.2 Å². The average molecular weight is 329 g/mol. The molecule has 0 heterocycles. The lowest BCUT2D eigenvalue weighted by atomic mass is 9.98. The average Bonchev–Trinajstić information content (AvgIpc) is 2.69. The van der Waals surface area contributed by atoms with Crippen molar-refractivity contribution in [1.82, 2.24) is 5.32 Å². The number of benzene rings is 3. The summed E-state index contributed by atoms with van der Waals surface area (Å²) >= 11 is 0. The molecule has 25 heavy (non-hydrogen) atoms. The Hall–Kier alpha value is -3.20. The molecule has 3 aromatic rings. The Kier molecular flexibility index (Phi) is 5.37. The molecule has 3 rings (SSSR count). The number of carbonyl (C=O) groups is 2. The van der Waals surface area contributed by atoms with Crippen LogP contribution in [0.25, 0.3) is 11.1 Å². The van der Waals surface area contributed by atoms with E-state index in [9.17, 15) is 9.59 Å². The minimum absolute atomic E-state index is 0.243. The van der Waals surface area contributed by atoms with E-state index in [-0.39, 0.29) is 5.91 Å². The Labute approximate surface area is 147 Å². The van der Waals surface area contributed by atoms with E-state index in [4.69, 9.17) is 0 Å². The fraction of sp³-hybridized carbons (Fsp3) is 0.0909. The van der Waals surface area contributed by atoms with E-state index in [0.717, 1.165) is 23.0 Å². The molecule has 3 aromatic carbocycles. The third kappa shape index (κ3) is 4.21. The molecule has 0 radical (unpaired) electrons. The van der Waals surface area contributed by atoms with E-state index in [0.29, 0.717) is 12.0 Å². The maximum absolute atomic E-state index is 12.7. The van der Waals surface area contributed by atoms with Crippen molar-refractivity contribution < 1.29 is 9.59 Å². The molecule has 0 aliphatic carbocycles. The molecule has 124 valence electrons. The predicted octanol–water partition coefficient (Wildman–Crippen LogP) is 3.89. The lowest BCUT2D eigenvalue weighted by molar-refractivity contribution is -0.109. The van der Waals surface area contributed by atoms with Crippen LogP contribution in [0.3, 0.4) is 0 Å². The molecule has 0 aliphatic rings. The van der Waals surface area contributed by atoms with Gasteiger partial charge in [-0.05, 0) is 29.2 Å². The summed E-state index contributed by atoms with van der Waals surface area (Å²) in [6.07, 6.45) is 1.26. The summed E-state index contributed by atoms with van der Waals surface area (Å²) in [7, 11) is 0. The summed E-state index contributed by atoms with van der Waals surface area (Å²) in [5.41, 5.74) is 3.40. The fourth-order valence-corrected chi connectivity index (χ4v) is 2.80. The van der Waals surface area contributed by atoms with Gasteiger partial charge >= 0.3 is 0 Å². The summed E-state index contributed by atoms with van der Waals surface area (Å²) in [6, 6.07) is 26.3. The van der Waals surface area contributed by atoms with E-state index >= 15 is 0 Å². The molecular formula is C22H19NO2. The SMILES string of the molecule is O=C[C@H](Cc1ccccc1)NC(=O)c1ccccc1-c1ccccc1. The fourth-order valence-electron chi connectivity index (χ4n) is 2.80. The molecular weight excluding hydrogens is 310 g/mol. The van der Waals surface area contributed by atoms with Crippen LogP contribution < -0.4 is 5.32 Å². The summed E-state index contributed by atoms with van der Waals surface area (Å²) < 4.78 is 0. The lowest BCUT2D eigenvalue weighted by Crippen LogP contribution is -2.37. The quantitative estimate of drug-likeness (QED) is 0.697. The number of hydrogen-bond donors (Lipinski definition) is 1. The van der Waals surface area contributed by atoms with Crippen LogP contribution in [-0.4, -0.2) is 18.2 Å². The Morgan fingerprint density at radius 3 is 2.12 bits per heavy atom. The second-order valence-electron chi connectivity index (χ2n) is 5.82. The summed E-state index contributed by atoms with van der Waals surface area (Å²) in [4.78, 5) is 24.1. The molecule has 3 heteroatoms. The maximum Gasteiger partial charge on any atom is 0.252 e. The first-order chi connectivity index (χ1) is 12.3. The van der Waals surface area contributed by atoms with Crippen molar-refractivity contribution in [3.8, 4) is 11.1 Å². The molecule has 3 nitrogen and oxygen atoms in total. The van der Waals surface area contributed by atoms with Gasteiger partial charge in [-0.3, -0.25) is 4.79 Å². The normalized spacial score (nSPS) is 11.5. The number of rotatable bonds is 6. The Balaban J connectivity index is 1.80. The van der Waals surface area contributed by atoms with Crippen molar-refractivity contribution in [1.29, 1.82) is 0 Å². The third-order valence-corrected chi connectivity index (χ3v) is 4.04. The molecule has 0 saturated heterocycles. The zero-order valence-electron chi connectivity index (χ0n) is 13.8. The van der Waals surface area contributed by atoms with Gasteiger partial charge in [0.15, 0.2) is 0 Å². The van der Waals surface area contributed by atoms with E-state index in [1.807, 2.05) is 78.9 Å². The monoisotopic (exact) mass is 329 g/mol. The smallest absolute Gasteiger partial charge is 0.252 e. The van der Waals surface area contributed by atoms with Gasteiger partial charge < -0.3 is 10.1 Å². The lowest BCUT2D eigenvalue weighted by Gasteiger charge is -2.15. The molecule has 0 saturated carbocycles. The number of aldehydes is 1. The van der Waals surface area contributed by atoms with Crippen molar-refractivity contribution in [2.24, 2.45) is 0 Å². The van der Waals surface area contributed by atoms with Gasteiger partial charge in [0.2, 0.25) is 0 Å². The van der Waals surface area contributed by atoms with Crippen LogP contribution in [0.15, 0.2) is 84.9 Å². The molecule has 0 spiro atoms. The molecule has 0 bridgehead atoms. The highest BCUT2D eigenvalue weighted by atomic mass is 16.2. The number of amides is 1. The van der Waals surface area contributed by atoms with Crippen molar-refractivity contribution >= 4 is 12.2 Å². The van der Waals surface area contributed by atoms with Gasteiger partial charge in [0.1, 0.15) is 6.29 Å². The van der Waals surface area contributed by atoms with Gasteiger partial charge in [-0.1, -0.05) is 78.9 Å². The molecule has 0 unspecified atom stereocenters. The van der Waals surface area contributed by atoms with Crippen molar-refractivity contribution in [2.75, 3.05) is 0 Å². The minimum Gasteiger partial charge on any atom is -0.342 e.